The van der Waals surface area contributed by atoms with Gasteiger partial charge in [-0.15, -0.1) is 23.2 Å². The van der Waals surface area contributed by atoms with Crippen LogP contribution in [0.5, 0.6) is 0 Å². The van der Waals surface area contributed by atoms with Crippen molar-refractivity contribution in [3.8, 4) is 6.07 Å². The van der Waals surface area contributed by atoms with Crippen molar-refractivity contribution in [1.82, 2.24) is 0 Å². The van der Waals surface area contributed by atoms with Crippen LogP contribution in [0, 0.1) is 11.3 Å². The SMILES string of the molecule is CC#N.CC(=O)O.ClCCl. The van der Waals surface area contributed by atoms with Crippen LogP contribution in [0.25, 0.3) is 0 Å². The van der Waals surface area contributed by atoms with E-state index in [0.717, 1.165) is 6.92 Å². The normalized spacial score (nSPS) is 5.10. The fourth-order valence-electron chi connectivity index (χ4n) is 0. The number of halogens is 2. The zero-order valence-electron chi connectivity index (χ0n) is 5.77. The number of carboxylic acid groups (broad SMARTS) is 1. The Morgan fingerprint density at radius 3 is 1.70 bits per heavy atom. The molecule has 0 aromatic heterocycles. The number of nitrogens with zero attached hydrogens (tertiary/aromatic N) is 1. The molecular formula is C5H9Cl2NO2. The number of aliphatic carboxylic acids is 1. The quantitative estimate of drug-likeness (QED) is 0.588. The number of hydrogen-bond acceptors (Lipinski definition) is 2. The Bertz CT molecular complexity index is 96.3. The predicted molar refractivity (Wildman–Crippen MR) is 41.2 cm³/mol. The highest BCUT2D eigenvalue weighted by atomic mass is 35.5. The van der Waals surface area contributed by atoms with Gasteiger partial charge >= 0.3 is 0 Å². The molecule has 0 amide bonds. The first-order chi connectivity index (χ1) is 4.56. The molecule has 1 N–H and O–H groups in total. The van der Waals surface area contributed by atoms with E-state index in [1.165, 1.54) is 6.92 Å². The zero-order chi connectivity index (χ0) is 8.99. The molecule has 0 spiro atoms. The van der Waals surface area contributed by atoms with Gasteiger partial charge in [-0.25, -0.2) is 0 Å². The minimum atomic E-state index is -0.833. The second kappa shape index (κ2) is 23.6. The fourth-order valence-corrected chi connectivity index (χ4v) is 0. The smallest absolute Gasteiger partial charge is 0.300 e. The Balaban J connectivity index is -0.0000000750. The van der Waals surface area contributed by atoms with E-state index in [1.807, 2.05) is 0 Å². The van der Waals surface area contributed by atoms with E-state index in [-0.39, 0.29) is 5.34 Å². The molecule has 0 rings (SSSR count). The van der Waals surface area contributed by atoms with Crippen molar-refractivity contribution in [3.63, 3.8) is 0 Å². The zero-order valence-corrected chi connectivity index (χ0v) is 7.28. The van der Waals surface area contributed by atoms with Crippen LogP contribution in [0.1, 0.15) is 13.8 Å². The van der Waals surface area contributed by atoms with Gasteiger partial charge in [0, 0.05) is 13.8 Å². The van der Waals surface area contributed by atoms with Crippen LogP contribution < -0.4 is 0 Å². The van der Waals surface area contributed by atoms with E-state index < -0.39 is 5.97 Å². The highest BCUT2D eigenvalue weighted by molar-refractivity contribution is 6.40. The molecule has 5 heteroatoms. The molecule has 0 aromatic rings. The molecule has 0 unspecified atom stereocenters. The molecule has 3 nitrogen and oxygen atoms in total. The first-order valence-electron chi connectivity index (χ1n) is 2.19. The maximum atomic E-state index is 9.00. The number of carboxylic acids is 1. The number of carbonyl (C=O) groups is 1. The third-order valence-electron chi connectivity index (χ3n) is 0. The minimum Gasteiger partial charge on any atom is -0.481 e. The number of alkyl halides is 2. The summed E-state index contributed by atoms with van der Waals surface area (Å²) in [6, 6.07) is 1.75. The van der Waals surface area contributed by atoms with Crippen molar-refractivity contribution < 1.29 is 9.90 Å². The lowest BCUT2D eigenvalue weighted by atomic mass is 10.9. The molecule has 0 saturated carbocycles. The summed E-state index contributed by atoms with van der Waals surface area (Å²) >= 11 is 9.53. The number of hydrogen-bond donors (Lipinski definition) is 1. The molecule has 0 fully saturated rings. The van der Waals surface area contributed by atoms with Gasteiger partial charge in [0.05, 0.1) is 11.4 Å². The summed E-state index contributed by atoms with van der Waals surface area (Å²) in [6.07, 6.45) is 0. The van der Waals surface area contributed by atoms with Crippen molar-refractivity contribution in [2.24, 2.45) is 0 Å². The van der Waals surface area contributed by atoms with Crippen LogP contribution in [0.15, 0.2) is 0 Å². The summed E-state index contributed by atoms with van der Waals surface area (Å²) in [7, 11) is 0. The van der Waals surface area contributed by atoms with Crippen molar-refractivity contribution in [1.29, 1.82) is 5.26 Å². The highest BCUT2D eigenvalue weighted by Crippen LogP contribution is 1.73. The molecule has 0 heterocycles. The average Bonchev–Trinajstić information content (AvgIpc) is 1.65. The molecule has 0 aliphatic heterocycles. The summed E-state index contributed by atoms with van der Waals surface area (Å²) in [5.41, 5.74) is 0. The van der Waals surface area contributed by atoms with E-state index in [1.54, 1.807) is 6.07 Å². The molecule has 0 aromatic carbocycles. The summed E-state index contributed by atoms with van der Waals surface area (Å²) in [6.45, 7) is 2.51. The second-order valence-electron chi connectivity index (χ2n) is 0.844. The molecule has 60 valence electrons. The van der Waals surface area contributed by atoms with Crippen molar-refractivity contribution in [3.05, 3.63) is 0 Å². The largest absolute Gasteiger partial charge is 0.481 e. The van der Waals surface area contributed by atoms with E-state index in [0.29, 0.717) is 0 Å². The lowest BCUT2D eigenvalue weighted by molar-refractivity contribution is -0.134. The van der Waals surface area contributed by atoms with Crippen LogP contribution in [0.2, 0.25) is 0 Å². The molecule has 0 bridgehead atoms. The Kier molecular flexibility index (Phi) is 38.3. The Labute approximate surface area is 70.2 Å². The van der Waals surface area contributed by atoms with E-state index in [9.17, 15) is 0 Å². The standard InChI is InChI=1S/C2H3N.C2H4O2.CH2Cl2/c1-2-3;1-2(3)4;2-1-3/h1H3;1H3,(H,3,4);1H2. The van der Waals surface area contributed by atoms with Crippen molar-refractivity contribution in [2.45, 2.75) is 13.8 Å². The van der Waals surface area contributed by atoms with Crippen LogP contribution >= 0.6 is 23.2 Å². The Morgan fingerprint density at radius 2 is 1.70 bits per heavy atom. The van der Waals surface area contributed by atoms with E-state index in [4.69, 9.17) is 38.4 Å². The molecule has 0 aliphatic carbocycles. The maximum absolute atomic E-state index is 9.00. The van der Waals surface area contributed by atoms with Crippen LogP contribution in [0.3, 0.4) is 0 Å². The minimum absolute atomic E-state index is 0.194. The Morgan fingerprint density at radius 1 is 1.70 bits per heavy atom. The van der Waals surface area contributed by atoms with Crippen LogP contribution in [-0.2, 0) is 4.79 Å². The van der Waals surface area contributed by atoms with Gasteiger partial charge in [-0.2, -0.15) is 5.26 Å². The van der Waals surface area contributed by atoms with Crippen LogP contribution in [-0.4, -0.2) is 16.4 Å². The van der Waals surface area contributed by atoms with Gasteiger partial charge in [0.1, 0.15) is 0 Å². The topological polar surface area (TPSA) is 61.1 Å². The van der Waals surface area contributed by atoms with Gasteiger partial charge < -0.3 is 5.11 Å². The first-order valence-corrected chi connectivity index (χ1v) is 3.25. The Hall–Kier alpha value is -0.460. The van der Waals surface area contributed by atoms with Crippen molar-refractivity contribution in [2.75, 3.05) is 5.34 Å². The number of rotatable bonds is 0. The van der Waals surface area contributed by atoms with Crippen LogP contribution in [0.4, 0.5) is 0 Å². The van der Waals surface area contributed by atoms with Gasteiger partial charge in [0.15, 0.2) is 0 Å². The van der Waals surface area contributed by atoms with Gasteiger partial charge in [-0.1, -0.05) is 0 Å². The van der Waals surface area contributed by atoms with Gasteiger partial charge in [-0.05, 0) is 0 Å². The molecule has 10 heavy (non-hydrogen) atoms. The third-order valence-corrected chi connectivity index (χ3v) is 0. The summed E-state index contributed by atoms with van der Waals surface area (Å²) in [4.78, 5) is 9.00. The third kappa shape index (κ3) is 1520. The number of nitriles is 1. The van der Waals surface area contributed by atoms with E-state index in [2.05, 4.69) is 0 Å². The lowest BCUT2D eigenvalue weighted by Crippen LogP contribution is -1.78. The fraction of sp³-hybridized carbons (Fsp3) is 0.600. The van der Waals surface area contributed by atoms with Gasteiger partial charge in [0.25, 0.3) is 5.97 Å². The monoisotopic (exact) mass is 185 g/mol. The molecule has 0 aliphatic rings. The van der Waals surface area contributed by atoms with Gasteiger partial charge in [-0.3, -0.25) is 4.79 Å². The van der Waals surface area contributed by atoms with Crippen molar-refractivity contribution >= 4 is 29.2 Å². The molecule has 0 saturated heterocycles. The summed E-state index contributed by atoms with van der Waals surface area (Å²) in [5.74, 6) is -0.833. The predicted octanol–water partition coefficient (Wildman–Crippen LogP) is 2.04. The average molecular weight is 186 g/mol. The highest BCUT2D eigenvalue weighted by Gasteiger charge is 1.65. The first kappa shape index (κ1) is 16.3. The molecule has 0 atom stereocenters. The second-order valence-corrected chi connectivity index (χ2v) is 1.65. The lowest BCUT2D eigenvalue weighted by Gasteiger charge is -1.59. The van der Waals surface area contributed by atoms with Gasteiger partial charge in [0.2, 0.25) is 0 Å². The molecule has 0 radical (unpaired) electrons. The summed E-state index contributed by atoms with van der Waals surface area (Å²) in [5, 5.41) is 14.9. The van der Waals surface area contributed by atoms with E-state index >= 15 is 0 Å². The summed E-state index contributed by atoms with van der Waals surface area (Å²) < 4.78 is 0. The molecular weight excluding hydrogens is 177 g/mol. The maximum Gasteiger partial charge on any atom is 0.300 e.